The summed E-state index contributed by atoms with van der Waals surface area (Å²) in [6, 6.07) is 9.85. The monoisotopic (exact) mass is 354 g/mol. The molecule has 2 aromatic carbocycles. The van der Waals surface area contributed by atoms with Crippen LogP contribution < -0.4 is 25.7 Å². The van der Waals surface area contributed by atoms with Crippen molar-refractivity contribution in [3.05, 3.63) is 41.5 Å². The van der Waals surface area contributed by atoms with Gasteiger partial charge in [0.15, 0.2) is 11.5 Å². The van der Waals surface area contributed by atoms with E-state index in [2.05, 4.69) is 9.97 Å². The van der Waals surface area contributed by atoms with Gasteiger partial charge in [0.05, 0.1) is 26.8 Å². The fraction of sp³-hybridized carbons (Fsp3) is 0.263. The van der Waals surface area contributed by atoms with Crippen LogP contribution in [0.25, 0.3) is 10.9 Å². The molecule has 0 aliphatic carbocycles. The number of hydrogen-bond acceptors (Lipinski definition) is 7. The summed E-state index contributed by atoms with van der Waals surface area (Å²) in [4.78, 5) is 8.22. The topological polar surface area (TPSA) is 106 Å². The molecule has 0 unspecified atom stereocenters. The molecule has 0 saturated carbocycles. The maximum absolute atomic E-state index is 5.96. The molecule has 0 atom stereocenters. The highest BCUT2D eigenvalue weighted by molar-refractivity contribution is 5.89. The van der Waals surface area contributed by atoms with Gasteiger partial charge in [-0.3, -0.25) is 0 Å². The van der Waals surface area contributed by atoms with Gasteiger partial charge in [0.2, 0.25) is 11.7 Å². The molecule has 0 amide bonds. The van der Waals surface area contributed by atoms with Crippen molar-refractivity contribution in [3.8, 4) is 17.2 Å². The molecular weight excluding hydrogens is 332 g/mol. The van der Waals surface area contributed by atoms with E-state index in [1.807, 2.05) is 30.3 Å². The highest BCUT2D eigenvalue weighted by Gasteiger charge is 2.13. The van der Waals surface area contributed by atoms with Gasteiger partial charge in [-0.05, 0) is 48.2 Å². The summed E-state index contributed by atoms with van der Waals surface area (Å²) >= 11 is 0. The summed E-state index contributed by atoms with van der Waals surface area (Å²) in [6.45, 7) is 0. The lowest BCUT2D eigenvalue weighted by molar-refractivity contribution is 0.324. The summed E-state index contributed by atoms with van der Waals surface area (Å²) in [5, 5.41) is 0.807. The van der Waals surface area contributed by atoms with Crippen molar-refractivity contribution >= 4 is 22.7 Å². The van der Waals surface area contributed by atoms with E-state index in [1.165, 1.54) is 0 Å². The molecule has 4 N–H and O–H groups in total. The molecule has 0 spiro atoms. The third kappa shape index (κ3) is 3.42. The van der Waals surface area contributed by atoms with Gasteiger partial charge in [0, 0.05) is 5.39 Å². The quantitative estimate of drug-likeness (QED) is 0.701. The average molecular weight is 354 g/mol. The Bertz CT molecular complexity index is 918. The number of aromatic nitrogens is 2. The summed E-state index contributed by atoms with van der Waals surface area (Å²) in [7, 11) is 4.81. The highest BCUT2D eigenvalue weighted by Crippen LogP contribution is 2.38. The van der Waals surface area contributed by atoms with Crippen LogP contribution in [0, 0.1) is 0 Å². The van der Waals surface area contributed by atoms with Gasteiger partial charge >= 0.3 is 0 Å². The van der Waals surface area contributed by atoms with Crippen LogP contribution >= 0.6 is 0 Å². The molecule has 1 aromatic heterocycles. The Morgan fingerprint density at radius 3 is 2.08 bits per heavy atom. The number of methoxy groups -OCH3 is 3. The second kappa shape index (κ2) is 7.35. The molecule has 0 radical (unpaired) electrons. The molecular formula is C19H22N4O3. The second-order valence-electron chi connectivity index (χ2n) is 5.85. The molecule has 136 valence electrons. The van der Waals surface area contributed by atoms with Crippen molar-refractivity contribution in [3.63, 3.8) is 0 Å². The standard InChI is InChI=1S/C19H22N4O3/c1-24-15-9-12(10-16(25-2)17(15)26-3)5-4-11-6-7-14-13(8-11)18(20)23-19(21)22-14/h6-10H,4-5H2,1-3H3,(H4,20,21,22,23). The number of nitrogens with zero attached hydrogens (tertiary/aromatic N) is 2. The predicted molar refractivity (Wildman–Crippen MR) is 102 cm³/mol. The molecule has 0 saturated heterocycles. The van der Waals surface area contributed by atoms with Crippen LogP contribution in [0.4, 0.5) is 11.8 Å². The molecule has 0 aliphatic heterocycles. The van der Waals surface area contributed by atoms with E-state index in [0.29, 0.717) is 23.1 Å². The molecule has 0 aliphatic rings. The zero-order valence-corrected chi connectivity index (χ0v) is 15.1. The molecule has 26 heavy (non-hydrogen) atoms. The molecule has 0 fully saturated rings. The van der Waals surface area contributed by atoms with Gasteiger partial charge in [0.25, 0.3) is 0 Å². The summed E-state index contributed by atoms with van der Waals surface area (Å²) in [6.07, 6.45) is 1.62. The Labute approximate surface area is 151 Å². The largest absolute Gasteiger partial charge is 0.493 e. The minimum atomic E-state index is 0.181. The summed E-state index contributed by atoms with van der Waals surface area (Å²) in [5.74, 6) is 2.45. The van der Waals surface area contributed by atoms with Crippen molar-refractivity contribution < 1.29 is 14.2 Å². The van der Waals surface area contributed by atoms with Gasteiger partial charge < -0.3 is 25.7 Å². The number of nitrogen functional groups attached to an aromatic ring is 2. The lowest BCUT2D eigenvalue weighted by atomic mass is 10.0. The molecule has 0 bridgehead atoms. The van der Waals surface area contributed by atoms with Crippen molar-refractivity contribution in [2.75, 3.05) is 32.8 Å². The molecule has 7 heteroatoms. The van der Waals surface area contributed by atoms with E-state index in [9.17, 15) is 0 Å². The Morgan fingerprint density at radius 2 is 1.46 bits per heavy atom. The van der Waals surface area contributed by atoms with Gasteiger partial charge in [-0.1, -0.05) is 6.07 Å². The first-order chi connectivity index (χ1) is 12.5. The van der Waals surface area contributed by atoms with Crippen molar-refractivity contribution in [2.24, 2.45) is 0 Å². The van der Waals surface area contributed by atoms with E-state index in [4.69, 9.17) is 25.7 Å². The second-order valence-corrected chi connectivity index (χ2v) is 5.85. The number of rotatable bonds is 6. The number of fused-ring (bicyclic) bond motifs is 1. The van der Waals surface area contributed by atoms with Crippen LogP contribution in [-0.2, 0) is 12.8 Å². The number of nitrogens with two attached hydrogens (primary N) is 2. The van der Waals surface area contributed by atoms with Crippen LogP contribution in [0.5, 0.6) is 17.2 Å². The maximum atomic E-state index is 5.96. The fourth-order valence-corrected chi connectivity index (χ4v) is 2.94. The predicted octanol–water partition coefficient (Wildman–Crippen LogP) is 2.61. The van der Waals surface area contributed by atoms with Crippen LogP contribution in [-0.4, -0.2) is 31.3 Å². The number of hydrogen-bond donors (Lipinski definition) is 2. The minimum absolute atomic E-state index is 0.181. The Morgan fingerprint density at radius 1 is 0.808 bits per heavy atom. The lowest BCUT2D eigenvalue weighted by Crippen LogP contribution is -2.01. The maximum Gasteiger partial charge on any atom is 0.222 e. The van der Waals surface area contributed by atoms with Gasteiger partial charge in [0.1, 0.15) is 5.82 Å². The molecule has 3 aromatic rings. The van der Waals surface area contributed by atoms with Crippen LogP contribution in [0.1, 0.15) is 11.1 Å². The smallest absolute Gasteiger partial charge is 0.222 e. The minimum Gasteiger partial charge on any atom is -0.493 e. The number of benzene rings is 2. The van der Waals surface area contributed by atoms with Crippen molar-refractivity contribution in [1.29, 1.82) is 0 Å². The molecule has 7 nitrogen and oxygen atoms in total. The normalized spacial score (nSPS) is 10.7. The van der Waals surface area contributed by atoms with Crippen LogP contribution in [0.3, 0.4) is 0 Å². The first-order valence-electron chi connectivity index (χ1n) is 8.16. The van der Waals surface area contributed by atoms with Gasteiger partial charge in [-0.25, -0.2) is 4.98 Å². The van der Waals surface area contributed by atoms with Crippen LogP contribution in [0.15, 0.2) is 30.3 Å². The van der Waals surface area contributed by atoms with Crippen molar-refractivity contribution in [2.45, 2.75) is 12.8 Å². The fourth-order valence-electron chi connectivity index (χ4n) is 2.94. The number of anilines is 2. The SMILES string of the molecule is COc1cc(CCc2ccc3nc(N)nc(N)c3c2)cc(OC)c1OC. The van der Waals surface area contributed by atoms with E-state index >= 15 is 0 Å². The molecule has 3 rings (SSSR count). The summed E-state index contributed by atoms with van der Waals surface area (Å²) < 4.78 is 16.2. The highest BCUT2D eigenvalue weighted by atomic mass is 16.5. The lowest BCUT2D eigenvalue weighted by Gasteiger charge is -2.14. The van der Waals surface area contributed by atoms with Crippen LogP contribution in [0.2, 0.25) is 0 Å². The van der Waals surface area contributed by atoms with E-state index < -0.39 is 0 Å². The third-order valence-corrected chi connectivity index (χ3v) is 4.23. The van der Waals surface area contributed by atoms with E-state index in [1.54, 1.807) is 21.3 Å². The number of aryl methyl sites for hydroxylation is 2. The molecule has 1 heterocycles. The Hall–Kier alpha value is -3.22. The average Bonchev–Trinajstić information content (AvgIpc) is 2.65. The first-order valence-corrected chi connectivity index (χ1v) is 8.16. The third-order valence-electron chi connectivity index (χ3n) is 4.23. The first kappa shape index (κ1) is 17.6. The van der Waals surface area contributed by atoms with Crippen molar-refractivity contribution in [1.82, 2.24) is 9.97 Å². The zero-order valence-electron chi connectivity index (χ0n) is 15.1. The van der Waals surface area contributed by atoms with Gasteiger partial charge in [-0.15, -0.1) is 0 Å². The van der Waals surface area contributed by atoms with Gasteiger partial charge in [-0.2, -0.15) is 4.98 Å². The number of ether oxygens (including phenoxy) is 3. The Balaban J connectivity index is 1.86. The summed E-state index contributed by atoms with van der Waals surface area (Å²) in [5.41, 5.74) is 14.6. The zero-order chi connectivity index (χ0) is 18.7. The Kier molecular flexibility index (Phi) is 4.97. The van der Waals surface area contributed by atoms with E-state index in [-0.39, 0.29) is 5.95 Å². The van der Waals surface area contributed by atoms with E-state index in [0.717, 1.165) is 34.9 Å².